The number of nitrogens with zero attached hydrogens (tertiary/aromatic N) is 1. The van der Waals surface area contributed by atoms with Gasteiger partial charge in [-0.2, -0.15) is 0 Å². The zero-order chi connectivity index (χ0) is 25.4. The second-order valence-electron chi connectivity index (χ2n) is 10.1. The minimum absolute atomic E-state index is 0.0897. The maximum atomic E-state index is 13.8. The van der Waals surface area contributed by atoms with Crippen molar-refractivity contribution < 1.29 is 23.9 Å². The molecular formula is C26H31Cl2N3O5. The number of ether oxygens (including phenoxy) is 2. The maximum Gasteiger partial charge on any atom is 0.246 e. The Morgan fingerprint density at radius 2 is 1.86 bits per heavy atom. The first kappa shape index (κ1) is 25.5. The van der Waals surface area contributed by atoms with Crippen LogP contribution in [-0.2, 0) is 23.9 Å². The van der Waals surface area contributed by atoms with E-state index in [2.05, 4.69) is 10.6 Å². The molecule has 1 aliphatic carbocycles. The Morgan fingerprint density at radius 3 is 2.56 bits per heavy atom. The van der Waals surface area contributed by atoms with Crippen LogP contribution in [0.3, 0.4) is 0 Å². The quantitative estimate of drug-likeness (QED) is 0.391. The summed E-state index contributed by atoms with van der Waals surface area (Å²) >= 11 is 12.2. The standard InChI is InChI=1S/C26H31Cl2N3O5/c1-35-11-5-10-31-22(24(33)29-17-6-3-2-4-7-17)26-9-8-19(36-26)20(21(26)25(31)34)23(32)30-18-13-15(27)12-16(28)14-18/h8-9,12-14,17,19-22H,2-7,10-11H2,1H3,(H,29,33)(H,30,32)/t19-,20+,21-,22+,26+/m1/s1. The summed E-state index contributed by atoms with van der Waals surface area (Å²) < 4.78 is 11.5. The minimum Gasteiger partial charge on any atom is -0.385 e. The van der Waals surface area contributed by atoms with Gasteiger partial charge in [0.15, 0.2) is 0 Å². The summed E-state index contributed by atoms with van der Waals surface area (Å²) in [6, 6.07) is 4.02. The Morgan fingerprint density at radius 1 is 1.14 bits per heavy atom. The molecule has 4 aliphatic rings. The summed E-state index contributed by atoms with van der Waals surface area (Å²) in [6.45, 7) is 0.797. The molecule has 2 bridgehead atoms. The van der Waals surface area contributed by atoms with Crippen molar-refractivity contribution in [2.24, 2.45) is 11.8 Å². The molecule has 36 heavy (non-hydrogen) atoms. The number of carbonyl (C=O) groups excluding carboxylic acids is 3. The van der Waals surface area contributed by atoms with Crippen LogP contribution in [-0.4, -0.2) is 66.7 Å². The summed E-state index contributed by atoms with van der Waals surface area (Å²) in [5, 5.41) is 6.80. The minimum atomic E-state index is -1.18. The van der Waals surface area contributed by atoms with Gasteiger partial charge in [0.1, 0.15) is 11.6 Å². The number of carbonyl (C=O) groups is 3. The topological polar surface area (TPSA) is 97.0 Å². The van der Waals surface area contributed by atoms with E-state index in [1.165, 1.54) is 6.42 Å². The zero-order valence-electron chi connectivity index (χ0n) is 20.2. The summed E-state index contributed by atoms with van der Waals surface area (Å²) in [5.41, 5.74) is -0.742. The summed E-state index contributed by atoms with van der Waals surface area (Å²) in [4.78, 5) is 42.6. The van der Waals surface area contributed by atoms with Gasteiger partial charge in [-0.15, -0.1) is 0 Å². The number of methoxy groups -OCH3 is 1. The number of rotatable bonds is 8. The number of halogens is 2. The fourth-order valence-corrected chi connectivity index (χ4v) is 6.79. The second kappa shape index (κ2) is 10.3. The smallest absolute Gasteiger partial charge is 0.246 e. The highest BCUT2D eigenvalue weighted by molar-refractivity contribution is 6.35. The van der Waals surface area contributed by atoms with Crippen molar-refractivity contribution in [1.82, 2.24) is 10.2 Å². The monoisotopic (exact) mass is 535 g/mol. The maximum absolute atomic E-state index is 13.8. The first-order valence-electron chi connectivity index (χ1n) is 12.6. The molecule has 2 N–H and O–H groups in total. The Labute approximate surface area is 220 Å². The number of anilines is 1. The molecule has 1 aromatic rings. The van der Waals surface area contributed by atoms with E-state index in [1.54, 1.807) is 36.3 Å². The third-order valence-corrected chi connectivity index (χ3v) is 8.19. The third-order valence-electron chi connectivity index (χ3n) is 7.75. The molecule has 8 nitrogen and oxygen atoms in total. The SMILES string of the molecule is COCCCN1C(=O)[C@H]2[C@@H](C(=O)Nc3cc(Cl)cc(Cl)c3)[C@H]3C=C[C@@]2(O3)[C@@H]1C(=O)NC1CCCCC1. The van der Waals surface area contributed by atoms with E-state index in [4.69, 9.17) is 32.7 Å². The summed E-state index contributed by atoms with van der Waals surface area (Å²) in [5.74, 6) is -2.41. The van der Waals surface area contributed by atoms with Crippen LogP contribution in [0.25, 0.3) is 0 Å². The molecule has 10 heteroatoms. The third kappa shape index (κ3) is 4.53. The molecule has 194 valence electrons. The largest absolute Gasteiger partial charge is 0.385 e. The van der Waals surface area contributed by atoms with Crippen LogP contribution in [0.1, 0.15) is 38.5 Å². The van der Waals surface area contributed by atoms with Crippen molar-refractivity contribution in [2.75, 3.05) is 25.6 Å². The van der Waals surface area contributed by atoms with Crippen LogP contribution >= 0.6 is 23.2 Å². The number of hydrogen-bond acceptors (Lipinski definition) is 5. The van der Waals surface area contributed by atoms with Crippen molar-refractivity contribution >= 4 is 46.6 Å². The highest BCUT2D eigenvalue weighted by Gasteiger charge is 2.72. The molecule has 3 aliphatic heterocycles. The van der Waals surface area contributed by atoms with Gasteiger partial charge in [-0.25, -0.2) is 0 Å². The van der Waals surface area contributed by atoms with E-state index in [0.717, 1.165) is 25.7 Å². The van der Waals surface area contributed by atoms with Crippen molar-refractivity contribution in [3.05, 3.63) is 40.4 Å². The van der Waals surface area contributed by atoms with E-state index in [0.29, 0.717) is 35.3 Å². The molecule has 0 unspecified atom stereocenters. The molecule has 1 spiro atoms. The van der Waals surface area contributed by atoms with Crippen LogP contribution in [0.2, 0.25) is 10.0 Å². The van der Waals surface area contributed by atoms with Crippen LogP contribution in [0, 0.1) is 11.8 Å². The first-order valence-corrected chi connectivity index (χ1v) is 13.3. The highest BCUT2D eigenvalue weighted by Crippen LogP contribution is 2.55. The second-order valence-corrected chi connectivity index (χ2v) is 10.9. The normalized spacial score (nSPS) is 31.1. The fraction of sp³-hybridized carbons (Fsp3) is 0.577. The number of nitrogens with one attached hydrogen (secondary N) is 2. The van der Waals surface area contributed by atoms with Gasteiger partial charge in [-0.1, -0.05) is 54.6 Å². The lowest BCUT2D eigenvalue weighted by Crippen LogP contribution is -2.56. The van der Waals surface area contributed by atoms with Crippen molar-refractivity contribution in [1.29, 1.82) is 0 Å². The molecule has 2 saturated heterocycles. The number of fused-ring (bicyclic) bond motifs is 1. The molecule has 0 radical (unpaired) electrons. The molecule has 1 saturated carbocycles. The number of amides is 3. The van der Waals surface area contributed by atoms with Gasteiger partial charge >= 0.3 is 0 Å². The highest BCUT2D eigenvalue weighted by atomic mass is 35.5. The lowest BCUT2D eigenvalue weighted by atomic mass is 9.74. The van der Waals surface area contributed by atoms with E-state index in [1.807, 2.05) is 6.08 Å². The molecule has 3 amide bonds. The first-order chi connectivity index (χ1) is 17.3. The van der Waals surface area contributed by atoms with Crippen LogP contribution < -0.4 is 10.6 Å². The fourth-order valence-electron chi connectivity index (χ4n) is 6.27. The van der Waals surface area contributed by atoms with Gasteiger partial charge in [0.05, 0.1) is 17.9 Å². The van der Waals surface area contributed by atoms with Gasteiger partial charge in [0.2, 0.25) is 17.7 Å². The summed E-state index contributed by atoms with van der Waals surface area (Å²) in [7, 11) is 1.60. The Kier molecular flexibility index (Phi) is 7.32. The van der Waals surface area contributed by atoms with Gasteiger partial charge < -0.3 is 25.0 Å². The molecule has 5 atom stereocenters. The van der Waals surface area contributed by atoms with Crippen LogP contribution in [0.5, 0.6) is 0 Å². The summed E-state index contributed by atoms with van der Waals surface area (Å²) in [6.07, 6.45) is 8.79. The van der Waals surface area contributed by atoms with Crippen LogP contribution in [0.4, 0.5) is 5.69 Å². The molecule has 0 aromatic heterocycles. The molecule has 1 aromatic carbocycles. The van der Waals surface area contributed by atoms with Crippen molar-refractivity contribution in [3.63, 3.8) is 0 Å². The lowest BCUT2D eigenvalue weighted by Gasteiger charge is -2.34. The predicted molar refractivity (Wildman–Crippen MR) is 136 cm³/mol. The van der Waals surface area contributed by atoms with E-state index in [-0.39, 0.29) is 23.8 Å². The average Bonchev–Trinajstić information content (AvgIpc) is 3.47. The molecule has 3 fully saturated rings. The zero-order valence-corrected chi connectivity index (χ0v) is 21.7. The van der Waals surface area contributed by atoms with Gasteiger partial charge in [-0.3, -0.25) is 14.4 Å². The number of benzene rings is 1. The van der Waals surface area contributed by atoms with Gasteiger partial charge in [0.25, 0.3) is 0 Å². The average molecular weight is 536 g/mol. The van der Waals surface area contributed by atoms with E-state index < -0.39 is 29.6 Å². The van der Waals surface area contributed by atoms with Gasteiger partial charge in [-0.05, 0) is 37.5 Å². The van der Waals surface area contributed by atoms with E-state index >= 15 is 0 Å². The van der Waals surface area contributed by atoms with Crippen molar-refractivity contribution in [3.8, 4) is 0 Å². The molecule has 3 heterocycles. The molecular weight excluding hydrogens is 505 g/mol. The predicted octanol–water partition coefficient (Wildman–Crippen LogP) is 3.57. The van der Waals surface area contributed by atoms with Crippen molar-refractivity contribution in [2.45, 2.75) is 62.3 Å². The Balaban J connectivity index is 1.42. The Bertz CT molecular complexity index is 1060. The lowest BCUT2D eigenvalue weighted by molar-refractivity contribution is -0.141. The Hall–Kier alpha value is -2.13. The van der Waals surface area contributed by atoms with E-state index in [9.17, 15) is 14.4 Å². The van der Waals surface area contributed by atoms with Crippen LogP contribution in [0.15, 0.2) is 30.4 Å². The number of likely N-dealkylation sites (tertiary alicyclic amines) is 1. The molecule has 5 rings (SSSR count). The number of hydrogen-bond donors (Lipinski definition) is 2. The van der Waals surface area contributed by atoms with Gasteiger partial charge in [0, 0.05) is 42.0 Å².